The molecule has 0 bridgehead atoms. The molecule has 0 aliphatic heterocycles. The molecule has 0 saturated heterocycles. The standard InChI is InChI=1S/C67H131N2O6P/c1-6-8-10-12-14-16-18-20-22-24-26-28-30-31-32-33-34-35-36-37-38-39-41-43-45-47-49-51-53-55-57-59-61-67(71)68-65(64-75-76(72,73)74-63-62-69(3,4)5)66(70)60-58-56-54-52-50-48-46-44-42-40-29-27-25-23-21-19-17-15-13-11-9-7-2/h42,44,50,52,58,60,65-66,70H,6-41,43,45-49,51,53-57,59,61-64H2,1-5H3,(H-,68,71,72,73)/p+1/b44-42+,52-50+,60-58+. The number of phosphoric ester groups is 1. The molecule has 0 heterocycles. The molecule has 76 heavy (non-hydrogen) atoms. The van der Waals surface area contributed by atoms with Crippen molar-refractivity contribution in [3.63, 3.8) is 0 Å². The molecule has 8 nitrogen and oxygen atoms in total. The van der Waals surface area contributed by atoms with Crippen LogP contribution in [0, 0.1) is 0 Å². The number of nitrogens with one attached hydrogen (secondary N) is 1. The van der Waals surface area contributed by atoms with E-state index in [2.05, 4.69) is 43.5 Å². The first-order chi connectivity index (χ1) is 37.0. The summed E-state index contributed by atoms with van der Waals surface area (Å²) in [5.74, 6) is -0.184. The maximum Gasteiger partial charge on any atom is 0.472 e. The number of rotatable bonds is 62. The second-order valence-electron chi connectivity index (χ2n) is 24.2. The van der Waals surface area contributed by atoms with Crippen molar-refractivity contribution in [1.82, 2.24) is 5.32 Å². The lowest BCUT2D eigenvalue weighted by Crippen LogP contribution is -2.45. The van der Waals surface area contributed by atoms with Crippen LogP contribution in [-0.2, 0) is 18.4 Å². The second kappa shape index (κ2) is 58.4. The maximum atomic E-state index is 13.0. The van der Waals surface area contributed by atoms with Gasteiger partial charge in [-0.1, -0.05) is 320 Å². The summed E-state index contributed by atoms with van der Waals surface area (Å²) in [5, 5.41) is 14.0. The van der Waals surface area contributed by atoms with Crippen LogP contribution in [-0.4, -0.2) is 73.4 Å². The predicted octanol–water partition coefficient (Wildman–Crippen LogP) is 20.9. The summed E-state index contributed by atoms with van der Waals surface area (Å²) >= 11 is 0. The van der Waals surface area contributed by atoms with E-state index < -0.39 is 20.0 Å². The quantitative estimate of drug-likeness (QED) is 0.0243. The van der Waals surface area contributed by atoms with Gasteiger partial charge >= 0.3 is 7.82 Å². The number of nitrogens with zero attached hydrogens (tertiary/aromatic N) is 1. The largest absolute Gasteiger partial charge is 0.472 e. The van der Waals surface area contributed by atoms with Gasteiger partial charge in [-0.05, 0) is 44.9 Å². The molecule has 1 amide bonds. The zero-order chi connectivity index (χ0) is 55.6. The van der Waals surface area contributed by atoms with Crippen molar-refractivity contribution < 1.29 is 32.9 Å². The van der Waals surface area contributed by atoms with Crippen LogP contribution in [0.5, 0.6) is 0 Å². The molecular formula is C67H132N2O6P+. The zero-order valence-corrected chi connectivity index (χ0v) is 52.4. The van der Waals surface area contributed by atoms with E-state index in [0.29, 0.717) is 17.4 Å². The highest BCUT2D eigenvalue weighted by Gasteiger charge is 2.28. The first kappa shape index (κ1) is 74.7. The Labute approximate surface area is 474 Å². The fraction of sp³-hybridized carbons (Fsp3) is 0.896. The first-order valence-corrected chi connectivity index (χ1v) is 34.9. The fourth-order valence-electron chi connectivity index (χ4n) is 10.1. The molecule has 9 heteroatoms. The average molecular weight is 1090 g/mol. The topological polar surface area (TPSA) is 105 Å². The number of unbranched alkanes of at least 4 members (excludes halogenated alkanes) is 45. The lowest BCUT2D eigenvalue weighted by atomic mass is 10.0. The molecule has 450 valence electrons. The predicted molar refractivity (Wildman–Crippen MR) is 332 cm³/mol. The average Bonchev–Trinajstić information content (AvgIpc) is 3.38. The normalized spacial score (nSPS) is 13.9. The minimum Gasteiger partial charge on any atom is -0.387 e. The third-order valence-electron chi connectivity index (χ3n) is 15.3. The summed E-state index contributed by atoms with van der Waals surface area (Å²) in [4.78, 5) is 23.4. The van der Waals surface area contributed by atoms with Gasteiger partial charge in [-0.2, -0.15) is 0 Å². The highest BCUT2D eigenvalue weighted by atomic mass is 31.2. The van der Waals surface area contributed by atoms with E-state index in [1.165, 1.54) is 270 Å². The summed E-state index contributed by atoms with van der Waals surface area (Å²) in [6, 6.07) is -0.869. The minimum absolute atomic E-state index is 0.0553. The van der Waals surface area contributed by atoms with Gasteiger partial charge in [0.05, 0.1) is 39.9 Å². The maximum absolute atomic E-state index is 13.0. The third-order valence-corrected chi connectivity index (χ3v) is 16.3. The molecule has 3 atom stereocenters. The number of carbonyl (C=O) groups is 1. The van der Waals surface area contributed by atoms with Crippen molar-refractivity contribution in [1.29, 1.82) is 0 Å². The Bertz CT molecular complexity index is 1330. The Balaban J connectivity index is 4.08. The monoisotopic (exact) mass is 1090 g/mol. The third kappa shape index (κ3) is 60.4. The number of hydrogen-bond donors (Lipinski definition) is 3. The van der Waals surface area contributed by atoms with Crippen molar-refractivity contribution in [3.8, 4) is 0 Å². The molecule has 0 aliphatic carbocycles. The SMILES string of the molecule is CCCCCCCCCCCCCC/C=C/CC/C=C/CC/C=C/C(O)C(COP(=O)(O)OCC[N+](C)(C)C)NC(=O)CCCCCCCCCCCCCCCCCCCCCCCCCCCCCCCCCC. The summed E-state index contributed by atoms with van der Waals surface area (Å²) in [7, 11) is 1.56. The van der Waals surface area contributed by atoms with Gasteiger partial charge in [0.25, 0.3) is 0 Å². The van der Waals surface area contributed by atoms with E-state index >= 15 is 0 Å². The lowest BCUT2D eigenvalue weighted by molar-refractivity contribution is -0.870. The minimum atomic E-state index is -4.36. The number of aliphatic hydroxyl groups excluding tert-OH is 1. The number of likely N-dealkylation sites (N-methyl/N-ethyl adjacent to an activating group) is 1. The van der Waals surface area contributed by atoms with Gasteiger partial charge in [-0.25, -0.2) is 4.57 Å². The van der Waals surface area contributed by atoms with E-state index in [4.69, 9.17) is 9.05 Å². The first-order valence-electron chi connectivity index (χ1n) is 33.4. The molecular weight excluding hydrogens is 960 g/mol. The number of quaternary nitrogens is 1. The van der Waals surface area contributed by atoms with Crippen LogP contribution in [0.1, 0.15) is 335 Å². The number of phosphoric acid groups is 1. The highest BCUT2D eigenvalue weighted by molar-refractivity contribution is 7.47. The number of hydrogen-bond acceptors (Lipinski definition) is 5. The van der Waals surface area contributed by atoms with Crippen molar-refractivity contribution in [3.05, 3.63) is 36.5 Å². The van der Waals surface area contributed by atoms with Crippen molar-refractivity contribution >= 4 is 13.7 Å². The van der Waals surface area contributed by atoms with E-state index in [9.17, 15) is 19.4 Å². The van der Waals surface area contributed by atoms with Crippen LogP contribution < -0.4 is 5.32 Å². The van der Waals surface area contributed by atoms with Gasteiger partial charge in [-0.3, -0.25) is 13.8 Å². The van der Waals surface area contributed by atoms with Gasteiger partial charge in [0, 0.05) is 6.42 Å². The van der Waals surface area contributed by atoms with Crippen molar-refractivity contribution in [2.45, 2.75) is 347 Å². The number of carbonyl (C=O) groups excluding carboxylic acids is 1. The molecule has 0 spiro atoms. The Morgan fingerprint density at radius 3 is 1.05 bits per heavy atom. The van der Waals surface area contributed by atoms with Crippen LogP contribution >= 0.6 is 7.82 Å². The smallest absolute Gasteiger partial charge is 0.387 e. The van der Waals surface area contributed by atoms with Gasteiger partial charge in [0.2, 0.25) is 5.91 Å². The molecule has 0 aromatic carbocycles. The Hall–Kier alpha value is -1.28. The zero-order valence-electron chi connectivity index (χ0n) is 51.5. The summed E-state index contributed by atoms with van der Waals surface area (Å²) in [6.45, 7) is 4.84. The van der Waals surface area contributed by atoms with Gasteiger partial charge in [0.15, 0.2) is 0 Å². The van der Waals surface area contributed by atoms with Crippen LogP contribution in [0.4, 0.5) is 0 Å². The van der Waals surface area contributed by atoms with E-state index in [0.717, 1.165) is 44.9 Å². The summed E-state index contributed by atoms with van der Waals surface area (Å²) < 4.78 is 23.8. The molecule has 3 unspecified atom stereocenters. The molecule has 0 aliphatic rings. The number of amides is 1. The van der Waals surface area contributed by atoms with Gasteiger partial charge in [-0.15, -0.1) is 0 Å². The molecule has 3 N–H and O–H groups in total. The van der Waals surface area contributed by atoms with Crippen molar-refractivity contribution in [2.75, 3.05) is 40.9 Å². The molecule has 0 saturated carbocycles. The molecule has 0 aromatic heterocycles. The molecule has 0 aromatic rings. The molecule has 0 radical (unpaired) electrons. The van der Waals surface area contributed by atoms with Crippen LogP contribution in [0.25, 0.3) is 0 Å². The van der Waals surface area contributed by atoms with Crippen LogP contribution in [0.2, 0.25) is 0 Å². The summed E-state index contributed by atoms with van der Waals surface area (Å²) in [5.41, 5.74) is 0. The van der Waals surface area contributed by atoms with E-state index in [1.54, 1.807) is 6.08 Å². The molecule has 0 fully saturated rings. The van der Waals surface area contributed by atoms with Crippen LogP contribution in [0.15, 0.2) is 36.5 Å². The highest BCUT2D eigenvalue weighted by Crippen LogP contribution is 2.43. The molecule has 0 rings (SSSR count). The van der Waals surface area contributed by atoms with Crippen molar-refractivity contribution in [2.24, 2.45) is 0 Å². The summed E-state index contributed by atoms with van der Waals surface area (Å²) in [6.07, 6.45) is 77.2. The van der Waals surface area contributed by atoms with E-state index in [1.807, 2.05) is 27.2 Å². The van der Waals surface area contributed by atoms with E-state index in [-0.39, 0.29) is 19.1 Å². The second-order valence-corrected chi connectivity index (χ2v) is 25.6. The van der Waals surface area contributed by atoms with Crippen LogP contribution in [0.3, 0.4) is 0 Å². The Kier molecular flexibility index (Phi) is 57.4. The Morgan fingerprint density at radius 1 is 0.434 bits per heavy atom. The number of allylic oxidation sites excluding steroid dienone is 5. The van der Waals surface area contributed by atoms with Gasteiger partial charge in [0.1, 0.15) is 13.2 Å². The Morgan fingerprint density at radius 2 is 0.724 bits per heavy atom. The number of aliphatic hydroxyl groups is 1. The lowest BCUT2D eigenvalue weighted by Gasteiger charge is -2.25. The van der Waals surface area contributed by atoms with Gasteiger partial charge < -0.3 is 19.8 Å². The fourth-order valence-corrected chi connectivity index (χ4v) is 10.9.